The predicted octanol–water partition coefficient (Wildman–Crippen LogP) is 5.23. The lowest BCUT2D eigenvalue weighted by atomic mass is 10.0. The fourth-order valence-corrected chi connectivity index (χ4v) is 5.15. The standard InChI is InChI=1S/C24H24ClFN4O/c1-13-11-29(8-7-27-13)23-19(26)10-17-21-18(16-9-14(25)3-6-20(16)28-21)12-30(15-4-5-15)22(17)24(23)31-2/h3,6,9-10,12-13,15,27H,4-5,7-8,11H2,1-2H3. The molecule has 0 radical (unpaired) electrons. The molecule has 0 aromatic heterocycles. The second kappa shape index (κ2) is 6.97. The summed E-state index contributed by atoms with van der Waals surface area (Å²) in [6.45, 7) is 4.42. The van der Waals surface area contributed by atoms with Gasteiger partial charge in [0.25, 0.3) is 0 Å². The van der Waals surface area contributed by atoms with Crippen LogP contribution in [0.3, 0.4) is 0 Å². The number of ether oxygens (including phenoxy) is 1. The third-order valence-corrected chi connectivity index (χ3v) is 6.76. The molecule has 1 unspecified atom stereocenters. The molecule has 1 N–H and O–H groups in total. The van der Waals surface area contributed by atoms with Gasteiger partial charge in [-0.25, -0.2) is 9.37 Å². The number of benzene rings is 2. The van der Waals surface area contributed by atoms with Gasteiger partial charge in [-0.2, -0.15) is 0 Å². The number of hydrogen-bond acceptors (Lipinski definition) is 4. The third kappa shape index (κ3) is 2.96. The highest BCUT2D eigenvalue weighted by Gasteiger charge is 2.32. The Hall–Kier alpha value is -2.57. The van der Waals surface area contributed by atoms with E-state index in [9.17, 15) is 0 Å². The van der Waals surface area contributed by atoms with E-state index in [2.05, 4.69) is 27.9 Å². The number of nitrogens with zero attached hydrogens (tertiary/aromatic N) is 3. The monoisotopic (exact) mass is 438 g/mol. The van der Waals surface area contributed by atoms with Gasteiger partial charge in [-0.1, -0.05) is 11.6 Å². The maximum atomic E-state index is 15.7. The molecular formula is C24H24ClFN4O. The molecule has 7 heteroatoms. The van der Waals surface area contributed by atoms with Crippen LogP contribution >= 0.6 is 11.6 Å². The van der Waals surface area contributed by atoms with Crippen molar-refractivity contribution in [2.24, 2.45) is 0 Å². The van der Waals surface area contributed by atoms with E-state index in [4.69, 9.17) is 21.3 Å². The number of pyridine rings is 1. The fourth-order valence-electron chi connectivity index (χ4n) is 4.98. The lowest BCUT2D eigenvalue weighted by Gasteiger charge is -2.35. The molecule has 3 aliphatic heterocycles. The topological polar surface area (TPSA) is 42.3 Å². The van der Waals surface area contributed by atoms with Crippen LogP contribution in [0.5, 0.6) is 5.75 Å². The van der Waals surface area contributed by atoms with E-state index >= 15 is 4.39 Å². The Bertz CT molecular complexity index is 1300. The summed E-state index contributed by atoms with van der Waals surface area (Å²) in [5.74, 6) is 0.335. The summed E-state index contributed by atoms with van der Waals surface area (Å²) in [7, 11) is 1.64. The molecule has 2 fully saturated rings. The molecule has 1 aliphatic carbocycles. The summed E-state index contributed by atoms with van der Waals surface area (Å²) < 4.78 is 23.9. The van der Waals surface area contributed by atoms with Gasteiger partial charge < -0.3 is 19.5 Å². The Morgan fingerprint density at radius 3 is 2.81 bits per heavy atom. The van der Waals surface area contributed by atoms with Gasteiger partial charge in [0, 0.05) is 59.3 Å². The Morgan fingerprint density at radius 2 is 2.06 bits per heavy atom. The molecule has 1 saturated carbocycles. The van der Waals surface area contributed by atoms with E-state index < -0.39 is 0 Å². The van der Waals surface area contributed by atoms with Crippen molar-refractivity contribution in [3.05, 3.63) is 41.3 Å². The number of hydrogen-bond donors (Lipinski definition) is 1. The summed E-state index contributed by atoms with van der Waals surface area (Å²) in [6, 6.07) is 8.05. The second-order valence-electron chi connectivity index (χ2n) is 8.74. The van der Waals surface area contributed by atoms with Crippen LogP contribution in [-0.4, -0.2) is 42.3 Å². The third-order valence-electron chi connectivity index (χ3n) is 6.53. The highest BCUT2D eigenvalue weighted by atomic mass is 35.5. The van der Waals surface area contributed by atoms with Crippen LogP contribution in [-0.2, 0) is 0 Å². The molecule has 0 spiro atoms. The maximum absolute atomic E-state index is 15.7. The van der Waals surface area contributed by atoms with Gasteiger partial charge in [-0.05, 0) is 44.0 Å². The minimum Gasteiger partial charge on any atom is -0.492 e. The molecule has 5 nitrogen and oxygen atoms in total. The van der Waals surface area contributed by atoms with Gasteiger partial charge in [0.05, 0.1) is 23.8 Å². The van der Waals surface area contributed by atoms with E-state index in [1.807, 2.05) is 18.2 Å². The molecular weight excluding hydrogens is 415 g/mol. The van der Waals surface area contributed by atoms with Crippen molar-refractivity contribution < 1.29 is 9.13 Å². The molecule has 6 rings (SSSR count). The number of rotatable bonds is 3. The van der Waals surface area contributed by atoms with Crippen LogP contribution in [0.25, 0.3) is 33.1 Å². The summed E-state index contributed by atoms with van der Waals surface area (Å²) in [5, 5.41) is 5.89. The zero-order valence-corrected chi connectivity index (χ0v) is 18.3. The summed E-state index contributed by atoms with van der Waals surface area (Å²) >= 11 is 6.28. The molecule has 3 heterocycles. The van der Waals surface area contributed by atoms with E-state index in [1.165, 1.54) is 0 Å². The van der Waals surface area contributed by atoms with Crippen molar-refractivity contribution in [2.45, 2.75) is 31.8 Å². The van der Waals surface area contributed by atoms with Crippen LogP contribution in [0.4, 0.5) is 10.1 Å². The van der Waals surface area contributed by atoms with Crippen LogP contribution in [0.2, 0.25) is 5.02 Å². The largest absolute Gasteiger partial charge is 0.492 e. The van der Waals surface area contributed by atoms with Crippen molar-refractivity contribution in [1.29, 1.82) is 0 Å². The number of anilines is 1. The molecule has 4 aliphatic rings. The van der Waals surface area contributed by atoms with Crippen LogP contribution in [0.15, 0.2) is 30.5 Å². The SMILES string of the molecule is COc1c(N2CCNC(C)C2)c(F)cc2c3nc4ccc(Cl)cc4c-3cn(C3CC3)c12. The van der Waals surface area contributed by atoms with Gasteiger partial charge in [0.2, 0.25) is 0 Å². The Kier molecular flexibility index (Phi) is 4.30. The average molecular weight is 439 g/mol. The number of nitrogens with one attached hydrogen (secondary N) is 1. The Labute approximate surface area is 185 Å². The van der Waals surface area contributed by atoms with Crippen molar-refractivity contribution in [3.63, 3.8) is 0 Å². The molecule has 0 bridgehead atoms. The lowest BCUT2D eigenvalue weighted by molar-refractivity contribution is 0.407. The lowest BCUT2D eigenvalue weighted by Crippen LogP contribution is -2.49. The van der Waals surface area contributed by atoms with E-state index in [0.717, 1.165) is 65.5 Å². The van der Waals surface area contributed by atoms with E-state index in [-0.39, 0.29) is 5.82 Å². The van der Waals surface area contributed by atoms with E-state index in [1.54, 1.807) is 13.2 Å². The number of aromatic nitrogens is 2. The molecule has 1 atom stereocenters. The molecule has 2 aromatic rings. The number of halogens is 2. The summed E-state index contributed by atoms with van der Waals surface area (Å²) in [5.41, 5.74) is 4.14. The van der Waals surface area contributed by atoms with Crippen molar-refractivity contribution in [3.8, 4) is 17.0 Å². The quantitative estimate of drug-likeness (QED) is 0.475. The predicted molar refractivity (Wildman–Crippen MR) is 123 cm³/mol. The summed E-state index contributed by atoms with van der Waals surface area (Å²) in [4.78, 5) is 6.96. The van der Waals surface area contributed by atoms with Gasteiger partial charge in [0.15, 0.2) is 11.6 Å². The average Bonchev–Trinajstić information content (AvgIpc) is 3.53. The van der Waals surface area contributed by atoms with Crippen molar-refractivity contribution in [1.82, 2.24) is 14.9 Å². The van der Waals surface area contributed by atoms with Crippen molar-refractivity contribution in [2.75, 3.05) is 31.6 Å². The smallest absolute Gasteiger partial charge is 0.169 e. The highest BCUT2D eigenvalue weighted by molar-refractivity contribution is 6.31. The maximum Gasteiger partial charge on any atom is 0.169 e. The molecule has 2 aromatic carbocycles. The first kappa shape index (κ1) is 19.1. The zero-order valence-electron chi connectivity index (χ0n) is 17.6. The van der Waals surface area contributed by atoms with Gasteiger partial charge in [-0.3, -0.25) is 0 Å². The molecule has 1 saturated heterocycles. The Morgan fingerprint density at radius 1 is 1.23 bits per heavy atom. The first-order chi connectivity index (χ1) is 15.0. The normalized spacial score (nSPS) is 19.6. The van der Waals surface area contributed by atoms with E-state index in [0.29, 0.717) is 28.5 Å². The van der Waals surface area contributed by atoms with Crippen LogP contribution in [0, 0.1) is 5.82 Å². The Balaban J connectivity index is 1.70. The van der Waals surface area contributed by atoms with Crippen LogP contribution < -0.4 is 15.0 Å². The van der Waals surface area contributed by atoms with Crippen molar-refractivity contribution >= 4 is 39.1 Å². The van der Waals surface area contributed by atoms with Gasteiger partial charge >= 0.3 is 0 Å². The minimum absolute atomic E-state index is 0.265. The minimum atomic E-state index is -0.265. The number of fused-ring (bicyclic) bond motifs is 5. The number of methoxy groups -OCH3 is 1. The molecule has 0 amide bonds. The first-order valence-corrected chi connectivity index (χ1v) is 11.2. The van der Waals surface area contributed by atoms with Gasteiger partial charge in [-0.15, -0.1) is 0 Å². The number of piperazine rings is 1. The van der Waals surface area contributed by atoms with Gasteiger partial charge in [0.1, 0.15) is 5.69 Å². The van der Waals surface area contributed by atoms with Crippen LogP contribution in [0.1, 0.15) is 25.8 Å². The highest BCUT2D eigenvalue weighted by Crippen LogP contribution is 2.49. The zero-order chi connectivity index (χ0) is 21.3. The molecule has 160 valence electrons. The fraction of sp³-hybridized carbons (Fsp3) is 0.375. The summed E-state index contributed by atoms with van der Waals surface area (Å²) in [6.07, 6.45) is 4.38. The second-order valence-corrected chi connectivity index (χ2v) is 9.18. The first-order valence-electron chi connectivity index (χ1n) is 10.8. The molecule has 31 heavy (non-hydrogen) atoms.